The highest BCUT2D eigenvalue weighted by Gasteiger charge is 2.12. The van der Waals surface area contributed by atoms with Gasteiger partial charge in [0.2, 0.25) is 11.8 Å². The number of benzene rings is 1. The van der Waals surface area contributed by atoms with Crippen molar-refractivity contribution in [3.8, 4) is 17.2 Å². The predicted octanol–water partition coefficient (Wildman–Crippen LogP) is 2.60. The van der Waals surface area contributed by atoms with Gasteiger partial charge in [0.05, 0.1) is 17.1 Å². The second-order valence-electron chi connectivity index (χ2n) is 3.84. The Morgan fingerprint density at radius 2 is 2.22 bits per heavy atom. The summed E-state index contributed by atoms with van der Waals surface area (Å²) in [4.78, 5) is 0. The van der Waals surface area contributed by atoms with E-state index >= 15 is 0 Å². The summed E-state index contributed by atoms with van der Waals surface area (Å²) in [6.07, 6.45) is 1.04. The molecular formula is C12H14ClN3O2. The van der Waals surface area contributed by atoms with Crippen LogP contribution in [0.25, 0.3) is 11.5 Å². The first-order valence-corrected chi connectivity index (χ1v) is 6.10. The van der Waals surface area contributed by atoms with E-state index in [0.29, 0.717) is 28.9 Å². The average Bonchev–Trinajstić information content (AvgIpc) is 2.81. The lowest BCUT2D eigenvalue weighted by Gasteiger charge is -2.00. The zero-order valence-electron chi connectivity index (χ0n) is 9.98. The van der Waals surface area contributed by atoms with Crippen molar-refractivity contribution < 1.29 is 9.52 Å². The molecule has 2 N–H and O–H groups in total. The van der Waals surface area contributed by atoms with Crippen LogP contribution in [0.4, 0.5) is 0 Å². The summed E-state index contributed by atoms with van der Waals surface area (Å²) in [7, 11) is 0. The molecule has 2 rings (SSSR count). The van der Waals surface area contributed by atoms with Crippen LogP contribution in [0.3, 0.4) is 0 Å². The second-order valence-corrected chi connectivity index (χ2v) is 4.25. The van der Waals surface area contributed by atoms with Gasteiger partial charge in [-0.05, 0) is 31.2 Å². The molecule has 0 saturated heterocycles. The van der Waals surface area contributed by atoms with Gasteiger partial charge >= 0.3 is 0 Å². The highest BCUT2D eigenvalue weighted by atomic mass is 35.5. The molecule has 0 aliphatic carbocycles. The van der Waals surface area contributed by atoms with Crippen LogP contribution in [-0.2, 0) is 6.54 Å². The number of phenolic OH excluding ortho intramolecular Hbond substituents is 1. The Kier molecular flexibility index (Phi) is 4.17. The summed E-state index contributed by atoms with van der Waals surface area (Å²) in [6.45, 7) is 3.50. The molecule has 2 aromatic rings. The molecule has 0 saturated carbocycles. The lowest BCUT2D eigenvalue weighted by Crippen LogP contribution is -2.13. The Labute approximate surface area is 110 Å². The van der Waals surface area contributed by atoms with Gasteiger partial charge in [0.1, 0.15) is 5.75 Å². The lowest BCUT2D eigenvalue weighted by atomic mass is 10.2. The Hall–Kier alpha value is -1.59. The summed E-state index contributed by atoms with van der Waals surface area (Å²) in [5.74, 6) is 0.917. The molecule has 5 nitrogen and oxygen atoms in total. The lowest BCUT2D eigenvalue weighted by molar-refractivity contribution is 0.470. The van der Waals surface area contributed by atoms with Crippen molar-refractivity contribution in [2.45, 2.75) is 19.9 Å². The van der Waals surface area contributed by atoms with Gasteiger partial charge in [-0.1, -0.05) is 18.5 Å². The molecule has 1 aromatic heterocycles. The van der Waals surface area contributed by atoms with Crippen molar-refractivity contribution >= 4 is 11.6 Å². The molecule has 0 fully saturated rings. The van der Waals surface area contributed by atoms with E-state index in [9.17, 15) is 5.11 Å². The Bertz CT molecular complexity index is 528. The fourth-order valence-corrected chi connectivity index (χ4v) is 1.68. The Morgan fingerprint density at radius 3 is 3.00 bits per heavy atom. The summed E-state index contributed by atoms with van der Waals surface area (Å²) in [5, 5.41) is 20.9. The number of nitrogens with one attached hydrogen (secondary N) is 1. The molecule has 0 aliphatic rings. The first-order chi connectivity index (χ1) is 8.70. The smallest absolute Gasteiger partial charge is 0.249 e. The normalized spacial score (nSPS) is 10.8. The maximum Gasteiger partial charge on any atom is 0.249 e. The van der Waals surface area contributed by atoms with E-state index in [1.807, 2.05) is 0 Å². The first-order valence-electron chi connectivity index (χ1n) is 5.72. The van der Waals surface area contributed by atoms with Crippen LogP contribution >= 0.6 is 11.6 Å². The van der Waals surface area contributed by atoms with Crippen LogP contribution in [0.5, 0.6) is 5.75 Å². The second kappa shape index (κ2) is 5.84. The fraction of sp³-hybridized carbons (Fsp3) is 0.333. The summed E-state index contributed by atoms with van der Waals surface area (Å²) in [5.41, 5.74) is 0.533. The number of phenols is 1. The van der Waals surface area contributed by atoms with Crippen LogP contribution in [-0.4, -0.2) is 21.8 Å². The minimum Gasteiger partial charge on any atom is -0.508 e. The van der Waals surface area contributed by atoms with Gasteiger partial charge in [-0.2, -0.15) is 0 Å². The zero-order chi connectivity index (χ0) is 13.0. The SMILES string of the molecule is CCCNCc1nnc(-c2cc(O)ccc2Cl)o1. The van der Waals surface area contributed by atoms with E-state index in [-0.39, 0.29) is 5.75 Å². The highest BCUT2D eigenvalue weighted by Crippen LogP contribution is 2.29. The number of nitrogens with zero attached hydrogens (tertiary/aromatic N) is 2. The minimum absolute atomic E-state index is 0.109. The van der Waals surface area contributed by atoms with Gasteiger partial charge in [0, 0.05) is 0 Å². The largest absolute Gasteiger partial charge is 0.508 e. The van der Waals surface area contributed by atoms with Crippen molar-refractivity contribution in [2.24, 2.45) is 0 Å². The summed E-state index contributed by atoms with van der Waals surface area (Å²) >= 11 is 6.01. The van der Waals surface area contributed by atoms with E-state index in [1.165, 1.54) is 12.1 Å². The van der Waals surface area contributed by atoms with Gasteiger partial charge in [-0.3, -0.25) is 0 Å². The zero-order valence-corrected chi connectivity index (χ0v) is 10.7. The third-order valence-corrected chi connectivity index (χ3v) is 2.68. The van der Waals surface area contributed by atoms with Gasteiger partial charge < -0.3 is 14.8 Å². The van der Waals surface area contributed by atoms with Crippen LogP contribution in [0.1, 0.15) is 19.2 Å². The molecule has 1 heterocycles. The van der Waals surface area contributed by atoms with Crippen molar-refractivity contribution in [3.05, 3.63) is 29.1 Å². The molecular weight excluding hydrogens is 254 g/mol. The molecule has 0 radical (unpaired) electrons. The first kappa shape index (κ1) is 12.9. The molecule has 0 unspecified atom stereocenters. The van der Waals surface area contributed by atoms with Crippen molar-refractivity contribution in [1.29, 1.82) is 0 Å². The van der Waals surface area contributed by atoms with Crippen molar-refractivity contribution in [2.75, 3.05) is 6.54 Å². The number of aromatic nitrogens is 2. The van der Waals surface area contributed by atoms with Gasteiger partial charge in [0.25, 0.3) is 0 Å². The van der Waals surface area contributed by atoms with E-state index < -0.39 is 0 Å². The van der Waals surface area contributed by atoms with Crippen LogP contribution in [0, 0.1) is 0 Å². The van der Waals surface area contributed by atoms with Crippen molar-refractivity contribution in [3.63, 3.8) is 0 Å². The number of hydrogen-bond acceptors (Lipinski definition) is 5. The molecule has 18 heavy (non-hydrogen) atoms. The number of hydrogen-bond donors (Lipinski definition) is 2. The molecule has 0 bridgehead atoms. The minimum atomic E-state index is 0.109. The van der Waals surface area contributed by atoms with Gasteiger partial charge in [-0.15, -0.1) is 10.2 Å². The van der Waals surface area contributed by atoms with Gasteiger partial charge in [-0.25, -0.2) is 0 Å². The average molecular weight is 268 g/mol. The fourth-order valence-electron chi connectivity index (χ4n) is 1.48. The third-order valence-electron chi connectivity index (χ3n) is 2.35. The molecule has 96 valence electrons. The van der Waals surface area contributed by atoms with Gasteiger partial charge in [0.15, 0.2) is 0 Å². The topological polar surface area (TPSA) is 71.2 Å². The quantitative estimate of drug-likeness (QED) is 0.815. The summed E-state index contributed by atoms with van der Waals surface area (Å²) < 4.78 is 5.47. The molecule has 0 spiro atoms. The Balaban J connectivity index is 2.16. The molecule has 6 heteroatoms. The maximum atomic E-state index is 9.42. The van der Waals surface area contributed by atoms with E-state index in [2.05, 4.69) is 22.4 Å². The van der Waals surface area contributed by atoms with Crippen LogP contribution in [0.15, 0.2) is 22.6 Å². The van der Waals surface area contributed by atoms with Crippen LogP contribution in [0.2, 0.25) is 5.02 Å². The standard InChI is InChI=1S/C12H14ClN3O2/c1-2-5-14-7-11-15-16-12(18-11)9-6-8(17)3-4-10(9)13/h3-4,6,14,17H,2,5,7H2,1H3. The third kappa shape index (κ3) is 3.00. The summed E-state index contributed by atoms with van der Waals surface area (Å²) in [6, 6.07) is 4.59. The Morgan fingerprint density at radius 1 is 1.39 bits per heavy atom. The molecule has 0 atom stereocenters. The predicted molar refractivity (Wildman–Crippen MR) is 68.4 cm³/mol. The number of halogens is 1. The molecule has 1 aromatic carbocycles. The number of aromatic hydroxyl groups is 1. The van der Waals surface area contributed by atoms with Crippen molar-refractivity contribution in [1.82, 2.24) is 15.5 Å². The maximum absolute atomic E-state index is 9.42. The molecule has 0 aliphatic heterocycles. The van der Waals surface area contributed by atoms with E-state index in [4.69, 9.17) is 16.0 Å². The molecule has 0 amide bonds. The highest BCUT2D eigenvalue weighted by molar-refractivity contribution is 6.33. The number of rotatable bonds is 5. The van der Waals surface area contributed by atoms with Crippen LogP contribution < -0.4 is 5.32 Å². The van der Waals surface area contributed by atoms with E-state index in [1.54, 1.807) is 6.07 Å². The monoisotopic (exact) mass is 267 g/mol. The van der Waals surface area contributed by atoms with E-state index in [0.717, 1.165) is 13.0 Å².